The summed E-state index contributed by atoms with van der Waals surface area (Å²) >= 11 is 0. The van der Waals surface area contributed by atoms with E-state index in [0.29, 0.717) is 5.75 Å². The third-order valence-corrected chi connectivity index (χ3v) is 7.38. The molecule has 1 unspecified atom stereocenters. The van der Waals surface area contributed by atoms with Crippen LogP contribution in [0.2, 0.25) is 0 Å². The number of esters is 1. The second-order valence-electron chi connectivity index (χ2n) is 10.8. The van der Waals surface area contributed by atoms with Crippen LogP contribution in [0, 0.1) is 26.7 Å². The van der Waals surface area contributed by atoms with Crippen LogP contribution in [-0.2, 0) is 16.0 Å². The summed E-state index contributed by atoms with van der Waals surface area (Å²) in [4.78, 5) is 22.9. The van der Waals surface area contributed by atoms with Crippen LogP contribution in [0.5, 0.6) is 11.5 Å². The summed E-state index contributed by atoms with van der Waals surface area (Å²) in [5.41, 5.74) is 3.98. The van der Waals surface area contributed by atoms with E-state index >= 15 is 0 Å². The van der Waals surface area contributed by atoms with Crippen molar-refractivity contribution in [1.82, 2.24) is 0 Å². The van der Waals surface area contributed by atoms with E-state index in [1.165, 1.54) is 64.2 Å². The lowest BCUT2D eigenvalue weighted by Gasteiger charge is -2.30. The van der Waals surface area contributed by atoms with Crippen LogP contribution in [0.1, 0.15) is 126 Å². The lowest BCUT2D eigenvalue weighted by Crippen LogP contribution is -2.24. The van der Waals surface area contributed by atoms with Crippen LogP contribution in [0.15, 0.2) is 0 Å². The van der Waals surface area contributed by atoms with E-state index in [2.05, 4.69) is 13.8 Å². The van der Waals surface area contributed by atoms with Gasteiger partial charge in [0.25, 0.3) is 0 Å². The van der Waals surface area contributed by atoms with Crippen LogP contribution < -0.4 is 9.47 Å². The number of rotatable bonds is 16. The average molecular weight is 489 g/mol. The summed E-state index contributed by atoms with van der Waals surface area (Å²) in [6, 6.07) is 0. The van der Waals surface area contributed by atoms with Gasteiger partial charge in [0.05, 0.1) is 18.9 Å². The number of ether oxygens (including phenoxy) is 2. The second kappa shape index (κ2) is 15.2. The maximum atomic E-state index is 12.1. The van der Waals surface area contributed by atoms with E-state index in [-0.39, 0.29) is 18.9 Å². The van der Waals surface area contributed by atoms with Crippen LogP contribution >= 0.6 is 0 Å². The predicted molar refractivity (Wildman–Crippen MR) is 142 cm³/mol. The molecule has 5 nitrogen and oxygen atoms in total. The number of carbonyl (C=O) groups is 2. The molecule has 198 valence electrons. The Kier molecular flexibility index (Phi) is 12.6. The molecule has 0 saturated heterocycles. The van der Waals surface area contributed by atoms with Crippen LogP contribution in [-0.4, -0.2) is 23.1 Å². The zero-order valence-corrected chi connectivity index (χ0v) is 22.8. The molecule has 1 heterocycles. The molecule has 1 aromatic rings. The van der Waals surface area contributed by atoms with E-state index in [9.17, 15) is 9.59 Å². The lowest BCUT2D eigenvalue weighted by atomic mass is 9.90. The summed E-state index contributed by atoms with van der Waals surface area (Å²) < 4.78 is 12.0. The topological polar surface area (TPSA) is 72.8 Å². The van der Waals surface area contributed by atoms with Gasteiger partial charge in [-0.1, -0.05) is 71.6 Å². The number of hydrogen-bond acceptors (Lipinski definition) is 4. The fourth-order valence-corrected chi connectivity index (χ4v) is 5.04. The maximum Gasteiger partial charge on any atom is 0.311 e. The molecule has 1 aliphatic heterocycles. The molecule has 2 rings (SSSR count). The van der Waals surface area contributed by atoms with Gasteiger partial charge in [-0.2, -0.15) is 0 Å². The molecule has 0 aliphatic carbocycles. The van der Waals surface area contributed by atoms with Gasteiger partial charge in [-0.25, -0.2) is 0 Å². The monoisotopic (exact) mass is 488 g/mol. The molecular weight excluding hydrogens is 440 g/mol. The number of fused-ring (bicyclic) bond motifs is 1. The van der Waals surface area contributed by atoms with E-state index < -0.39 is 11.9 Å². The van der Waals surface area contributed by atoms with Crippen LogP contribution in [0.3, 0.4) is 0 Å². The van der Waals surface area contributed by atoms with Gasteiger partial charge in [-0.3, -0.25) is 9.59 Å². The number of carboxylic acids is 1. The summed E-state index contributed by atoms with van der Waals surface area (Å²) in [6.07, 6.45) is 16.4. The summed E-state index contributed by atoms with van der Waals surface area (Å²) in [6.45, 7) is 10.6. The van der Waals surface area contributed by atoms with Crippen molar-refractivity contribution < 1.29 is 24.2 Å². The van der Waals surface area contributed by atoms with Crippen molar-refractivity contribution in [3.8, 4) is 11.5 Å². The van der Waals surface area contributed by atoms with Crippen molar-refractivity contribution in [2.45, 2.75) is 137 Å². The van der Waals surface area contributed by atoms with E-state index in [1.807, 2.05) is 20.8 Å². The first-order valence-electron chi connectivity index (χ1n) is 13.9. The number of benzene rings is 1. The maximum absolute atomic E-state index is 12.1. The Hall–Kier alpha value is -2.04. The Morgan fingerprint density at radius 1 is 0.886 bits per heavy atom. The first-order chi connectivity index (χ1) is 16.7. The summed E-state index contributed by atoms with van der Waals surface area (Å²) in [7, 11) is 0. The number of hydrogen-bond donors (Lipinski definition) is 1. The molecule has 0 amide bonds. The fourth-order valence-electron chi connectivity index (χ4n) is 5.04. The smallest absolute Gasteiger partial charge is 0.311 e. The van der Waals surface area contributed by atoms with Gasteiger partial charge in [-0.05, 0) is 69.1 Å². The van der Waals surface area contributed by atoms with Crippen LogP contribution in [0.4, 0.5) is 0 Å². The van der Waals surface area contributed by atoms with Crippen molar-refractivity contribution >= 4 is 11.9 Å². The summed E-state index contributed by atoms with van der Waals surface area (Å²) in [5.74, 6) is 0.868. The predicted octanol–water partition coefficient (Wildman–Crippen LogP) is 8.02. The highest BCUT2D eigenvalue weighted by Gasteiger charge is 2.27. The zero-order valence-electron chi connectivity index (χ0n) is 22.8. The normalized spacial score (nSPS) is 15.1. The fraction of sp³-hybridized carbons (Fsp3) is 0.733. The van der Waals surface area contributed by atoms with Crippen LogP contribution in [0.25, 0.3) is 0 Å². The van der Waals surface area contributed by atoms with Gasteiger partial charge in [0.15, 0.2) is 0 Å². The zero-order chi connectivity index (χ0) is 25.8. The van der Waals surface area contributed by atoms with Gasteiger partial charge in [-0.15, -0.1) is 0 Å². The van der Waals surface area contributed by atoms with Crippen molar-refractivity contribution in [3.63, 3.8) is 0 Å². The highest BCUT2D eigenvalue weighted by atomic mass is 16.5. The number of carbonyl (C=O) groups excluding carboxylic acids is 1. The number of carboxylic acid groups (broad SMARTS) is 1. The van der Waals surface area contributed by atoms with Gasteiger partial charge >= 0.3 is 11.9 Å². The number of aliphatic carboxylic acids is 1. The number of unbranched alkanes of at least 4 members (excludes halogenated alkanes) is 8. The minimum absolute atomic E-state index is 0.124. The van der Waals surface area contributed by atoms with Crippen molar-refractivity contribution in [2.75, 3.05) is 0 Å². The van der Waals surface area contributed by atoms with Gasteiger partial charge in [0.1, 0.15) is 11.5 Å². The Labute approximate surface area is 213 Å². The van der Waals surface area contributed by atoms with Gasteiger partial charge < -0.3 is 14.6 Å². The van der Waals surface area contributed by atoms with E-state index in [1.54, 1.807) is 0 Å². The molecule has 35 heavy (non-hydrogen) atoms. The Bertz CT molecular complexity index is 827. The molecule has 1 aliphatic rings. The first-order valence-corrected chi connectivity index (χ1v) is 13.9. The van der Waals surface area contributed by atoms with Crippen molar-refractivity contribution in [1.29, 1.82) is 0 Å². The van der Waals surface area contributed by atoms with E-state index in [4.69, 9.17) is 14.6 Å². The Morgan fingerprint density at radius 3 is 2.09 bits per heavy atom. The van der Waals surface area contributed by atoms with E-state index in [0.717, 1.165) is 53.2 Å². The Balaban J connectivity index is 1.74. The first kappa shape index (κ1) is 29.2. The quantitative estimate of drug-likeness (QED) is 0.145. The molecular formula is C30H48O5. The SMILES string of the molecule is Cc1c(C)c2c(c(C)c1OC(=O)CCC(=O)O)CCC(CCCCCCCCCCCC(C)C)O2. The average Bonchev–Trinajstić information content (AvgIpc) is 2.82. The minimum atomic E-state index is -0.996. The third kappa shape index (κ3) is 9.85. The molecule has 5 heteroatoms. The summed E-state index contributed by atoms with van der Waals surface area (Å²) in [5, 5.41) is 8.81. The minimum Gasteiger partial charge on any atom is -0.490 e. The van der Waals surface area contributed by atoms with Gasteiger partial charge in [0, 0.05) is 5.56 Å². The Morgan fingerprint density at radius 2 is 1.49 bits per heavy atom. The lowest BCUT2D eigenvalue weighted by molar-refractivity contribution is -0.142. The molecule has 0 spiro atoms. The molecule has 1 aromatic carbocycles. The molecule has 0 radical (unpaired) electrons. The van der Waals surface area contributed by atoms with Gasteiger partial charge in [0.2, 0.25) is 0 Å². The molecule has 0 fully saturated rings. The molecule has 1 N–H and O–H groups in total. The highest BCUT2D eigenvalue weighted by Crippen LogP contribution is 2.42. The molecule has 0 bridgehead atoms. The van der Waals surface area contributed by atoms with Crippen molar-refractivity contribution in [2.24, 2.45) is 5.92 Å². The molecule has 0 saturated carbocycles. The molecule has 1 atom stereocenters. The second-order valence-corrected chi connectivity index (χ2v) is 10.8. The largest absolute Gasteiger partial charge is 0.490 e. The third-order valence-electron chi connectivity index (χ3n) is 7.38. The highest BCUT2D eigenvalue weighted by molar-refractivity contribution is 5.79. The standard InChI is InChI=1S/C30H48O5/c1-21(2)15-13-11-9-7-6-8-10-12-14-16-25-17-18-26-24(5)29(22(3)23(4)30(26)34-25)35-28(33)20-19-27(31)32/h21,25H,6-20H2,1-5H3,(H,31,32). The molecule has 0 aromatic heterocycles. The van der Waals surface area contributed by atoms with Crippen molar-refractivity contribution in [3.05, 3.63) is 22.3 Å².